The molecule has 1 aromatic carbocycles. The number of benzene rings is 1. The number of carboxylic acid groups (broad SMARTS) is 1. The van der Waals surface area contributed by atoms with Crippen LogP contribution in [0, 0.1) is 6.92 Å². The number of nitrogens with zero attached hydrogens (tertiary/aromatic N) is 5. The van der Waals surface area contributed by atoms with Crippen LogP contribution >= 0.6 is 11.3 Å². The summed E-state index contributed by atoms with van der Waals surface area (Å²) >= 11 is 1.32. The molecule has 2 fully saturated rings. The third kappa shape index (κ3) is 4.90. The third-order valence-corrected chi connectivity index (χ3v) is 9.85. The maximum absolute atomic E-state index is 13.8. The molecular formula is C26H31N5O5S2. The number of pyridine rings is 1. The van der Waals surface area contributed by atoms with Crippen LogP contribution in [0.5, 0.6) is 5.75 Å². The number of aryl methyl sites for hydroxylation is 1. The molecule has 4 heterocycles. The molecule has 5 rings (SSSR count). The number of rotatable bonds is 8. The number of carbonyl (C=O) groups is 1. The van der Waals surface area contributed by atoms with Crippen molar-refractivity contribution >= 4 is 39.0 Å². The molecule has 0 radical (unpaired) electrons. The van der Waals surface area contributed by atoms with Gasteiger partial charge in [-0.2, -0.15) is 8.42 Å². The van der Waals surface area contributed by atoms with E-state index in [4.69, 9.17) is 4.74 Å². The molecule has 2 aliphatic rings. The Morgan fingerprint density at radius 3 is 2.42 bits per heavy atom. The van der Waals surface area contributed by atoms with Gasteiger partial charge in [0.15, 0.2) is 10.8 Å². The quantitative estimate of drug-likeness (QED) is 0.434. The molecule has 38 heavy (non-hydrogen) atoms. The molecule has 0 unspecified atom stereocenters. The van der Waals surface area contributed by atoms with Crippen molar-refractivity contribution in [3.63, 3.8) is 0 Å². The lowest BCUT2D eigenvalue weighted by molar-refractivity contribution is 0.0965. The van der Waals surface area contributed by atoms with E-state index in [1.54, 1.807) is 47.3 Å². The first kappa shape index (κ1) is 26.2. The molecule has 202 valence electrons. The summed E-state index contributed by atoms with van der Waals surface area (Å²) in [7, 11) is -0.449. The van der Waals surface area contributed by atoms with Gasteiger partial charge in [-0.3, -0.25) is 0 Å². The Kier molecular flexibility index (Phi) is 7.19. The van der Waals surface area contributed by atoms with E-state index in [1.807, 2.05) is 26.1 Å². The average Bonchev–Trinajstić information content (AvgIpc) is 3.53. The number of hydrogen-bond acceptors (Lipinski definition) is 8. The van der Waals surface area contributed by atoms with Crippen LogP contribution in [0.1, 0.15) is 36.8 Å². The van der Waals surface area contributed by atoms with Crippen LogP contribution in [0.25, 0.3) is 0 Å². The molecule has 1 N–H and O–H groups in total. The molecule has 2 aliphatic heterocycles. The van der Waals surface area contributed by atoms with Crippen molar-refractivity contribution in [2.45, 2.75) is 62.3 Å². The molecule has 2 saturated heterocycles. The highest BCUT2D eigenvalue weighted by Gasteiger charge is 2.44. The summed E-state index contributed by atoms with van der Waals surface area (Å²) in [5.74, 6) is 1.03. The Hall–Kier alpha value is -3.38. The standard InChI is InChI=1S/C26H31N5O5S2/c1-17-10-25(27-13-23(17)29(2)21-11-19-6-7-20(12-21)31(19)26(32)33)38(34,35)30(24-15-37-16-28-24)14-18-4-8-22(36-3)9-5-18/h4-5,8-10,13,15-16,19-21H,6-7,11-12,14H2,1-3H3,(H,32,33)/t19-,20+,21+. The van der Waals surface area contributed by atoms with Crippen LogP contribution in [0.15, 0.2) is 52.4 Å². The van der Waals surface area contributed by atoms with E-state index in [2.05, 4.69) is 14.9 Å². The number of thiazole rings is 1. The number of piperidine rings is 1. The number of anilines is 2. The van der Waals surface area contributed by atoms with Crippen molar-refractivity contribution in [1.82, 2.24) is 14.9 Å². The summed E-state index contributed by atoms with van der Waals surface area (Å²) < 4.78 is 34.1. The zero-order valence-electron chi connectivity index (χ0n) is 21.5. The largest absolute Gasteiger partial charge is 0.497 e. The van der Waals surface area contributed by atoms with Crippen LogP contribution in [-0.4, -0.2) is 66.8 Å². The van der Waals surface area contributed by atoms with Crippen LogP contribution in [0.3, 0.4) is 0 Å². The first-order chi connectivity index (χ1) is 18.2. The van der Waals surface area contributed by atoms with Gasteiger partial charge >= 0.3 is 6.09 Å². The number of hydrogen-bond donors (Lipinski definition) is 1. The fraction of sp³-hybridized carbons (Fsp3) is 0.423. The fourth-order valence-corrected chi connectivity index (χ4v) is 7.64. The molecule has 2 aromatic heterocycles. The topological polar surface area (TPSA) is 116 Å². The summed E-state index contributed by atoms with van der Waals surface area (Å²) in [6.45, 7) is 1.98. The van der Waals surface area contributed by atoms with Gasteiger partial charge in [-0.05, 0) is 61.9 Å². The molecule has 0 aliphatic carbocycles. The minimum atomic E-state index is -4.01. The summed E-state index contributed by atoms with van der Waals surface area (Å²) in [4.78, 5) is 24.1. The van der Waals surface area contributed by atoms with Crippen molar-refractivity contribution in [3.05, 3.63) is 58.5 Å². The summed E-state index contributed by atoms with van der Waals surface area (Å²) in [5, 5.41) is 11.2. The van der Waals surface area contributed by atoms with Gasteiger partial charge < -0.3 is 19.6 Å². The van der Waals surface area contributed by atoms with E-state index in [0.717, 1.165) is 42.5 Å². The number of fused-ring (bicyclic) bond motifs is 2. The second-order valence-corrected chi connectivity index (χ2v) is 12.4. The van der Waals surface area contributed by atoms with Gasteiger partial charge in [-0.15, -0.1) is 11.3 Å². The van der Waals surface area contributed by atoms with Crippen LogP contribution in [-0.2, 0) is 16.6 Å². The molecule has 0 saturated carbocycles. The van der Waals surface area contributed by atoms with Gasteiger partial charge in [0.25, 0.3) is 10.0 Å². The Morgan fingerprint density at radius 2 is 1.87 bits per heavy atom. The van der Waals surface area contributed by atoms with Crippen LogP contribution in [0.2, 0.25) is 0 Å². The third-order valence-electron chi connectivity index (χ3n) is 7.63. The predicted molar refractivity (Wildman–Crippen MR) is 146 cm³/mol. The lowest BCUT2D eigenvalue weighted by Gasteiger charge is -2.41. The molecule has 3 aromatic rings. The molecule has 1 amide bonds. The summed E-state index contributed by atoms with van der Waals surface area (Å²) in [6.07, 6.45) is 4.04. The van der Waals surface area contributed by atoms with Gasteiger partial charge in [0.2, 0.25) is 0 Å². The minimum absolute atomic E-state index is 0.0243. The van der Waals surface area contributed by atoms with E-state index in [9.17, 15) is 18.3 Å². The van der Waals surface area contributed by atoms with E-state index in [-0.39, 0.29) is 29.7 Å². The maximum atomic E-state index is 13.8. The predicted octanol–water partition coefficient (Wildman–Crippen LogP) is 4.36. The van der Waals surface area contributed by atoms with Gasteiger partial charge in [-0.25, -0.2) is 19.1 Å². The Balaban J connectivity index is 1.39. The van der Waals surface area contributed by atoms with Gasteiger partial charge in [0.05, 0.1) is 31.0 Å². The second kappa shape index (κ2) is 10.4. The lowest BCUT2D eigenvalue weighted by Crippen LogP contribution is -2.51. The minimum Gasteiger partial charge on any atom is -0.497 e. The molecule has 2 bridgehead atoms. The Bertz CT molecular complexity index is 1380. The highest BCUT2D eigenvalue weighted by Crippen LogP contribution is 2.39. The summed E-state index contributed by atoms with van der Waals surface area (Å²) in [5.41, 5.74) is 4.02. The van der Waals surface area contributed by atoms with E-state index < -0.39 is 16.1 Å². The number of aromatic nitrogens is 2. The second-order valence-electron chi connectivity index (χ2n) is 9.83. The number of amides is 1. The zero-order chi connectivity index (χ0) is 27.0. The van der Waals surface area contributed by atoms with E-state index >= 15 is 0 Å². The monoisotopic (exact) mass is 557 g/mol. The first-order valence-electron chi connectivity index (χ1n) is 12.4. The van der Waals surface area contributed by atoms with E-state index in [0.29, 0.717) is 11.6 Å². The molecule has 0 spiro atoms. The normalized spacial score (nSPS) is 20.8. The Labute approximate surface area is 226 Å². The summed E-state index contributed by atoms with van der Waals surface area (Å²) in [6, 6.07) is 9.05. The Morgan fingerprint density at radius 1 is 1.18 bits per heavy atom. The molecular weight excluding hydrogens is 526 g/mol. The SMILES string of the molecule is COc1ccc(CN(c2cscn2)S(=O)(=O)c2cc(C)c(N(C)[C@H]3C[C@H]4CC[C@@H](C3)N4C(=O)O)cn2)cc1. The zero-order valence-corrected chi connectivity index (χ0v) is 23.2. The maximum Gasteiger partial charge on any atom is 0.407 e. The molecule has 12 heteroatoms. The van der Waals surface area contributed by atoms with E-state index in [1.165, 1.54) is 15.6 Å². The molecule has 10 nitrogen and oxygen atoms in total. The van der Waals surface area contributed by atoms with Gasteiger partial charge in [0.1, 0.15) is 5.75 Å². The van der Waals surface area contributed by atoms with Crippen molar-refractivity contribution < 1.29 is 23.1 Å². The van der Waals surface area contributed by atoms with Crippen molar-refractivity contribution in [2.75, 3.05) is 23.4 Å². The van der Waals surface area contributed by atoms with Crippen molar-refractivity contribution in [2.24, 2.45) is 0 Å². The number of ether oxygens (including phenoxy) is 1. The van der Waals surface area contributed by atoms with Gasteiger partial charge in [0, 0.05) is 30.6 Å². The first-order valence-corrected chi connectivity index (χ1v) is 14.8. The van der Waals surface area contributed by atoms with Crippen molar-refractivity contribution in [3.8, 4) is 5.75 Å². The fourth-order valence-electron chi connectivity index (χ4n) is 5.63. The van der Waals surface area contributed by atoms with Crippen LogP contribution < -0.4 is 13.9 Å². The van der Waals surface area contributed by atoms with Gasteiger partial charge in [-0.1, -0.05) is 12.1 Å². The lowest BCUT2D eigenvalue weighted by atomic mass is 9.96. The average molecular weight is 558 g/mol. The van der Waals surface area contributed by atoms with Crippen molar-refractivity contribution in [1.29, 1.82) is 0 Å². The smallest absolute Gasteiger partial charge is 0.407 e. The number of sulfonamides is 1. The van der Waals surface area contributed by atoms with Crippen LogP contribution in [0.4, 0.5) is 16.3 Å². The number of methoxy groups -OCH3 is 1. The molecule has 3 atom stereocenters. The highest BCUT2D eigenvalue weighted by molar-refractivity contribution is 7.92. The highest BCUT2D eigenvalue weighted by atomic mass is 32.2.